The van der Waals surface area contributed by atoms with Gasteiger partial charge >= 0.3 is 0 Å². The topological polar surface area (TPSA) is 12.9 Å². The number of hydrogen-bond acceptors (Lipinski definition) is 1. The van der Waals surface area contributed by atoms with Crippen molar-refractivity contribution in [1.29, 1.82) is 0 Å². The van der Waals surface area contributed by atoms with Gasteiger partial charge in [0.05, 0.1) is 5.69 Å². The minimum absolute atomic E-state index is 1.13. The molecule has 2 aliphatic rings. The van der Waals surface area contributed by atoms with E-state index in [0.717, 1.165) is 19.3 Å². The van der Waals surface area contributed by atoms with Crippen molar-refractivity contribution in [2.45, 2.75) is 44.9 Å². The molecule has 2 aliphatic carbocycles. The van der Waals surface area contributed by atoms with E-state index in [9.17, 15) is 0 Å². The third-order valence-corrected chi connectivity index (χ3v) is 5.95. The van der Waals surface area contributed by atoms with Gasteiger partial charge in [0.2, 0.25) is 0 Å². The summed E-state index contributed by atoms with van der Waals surface area (Å²) in [5.74, 6) is 0. The van der Waals surface area contributed by atoms with Crippen LogP contribution in [-0.2, 0) is 19.3 Å². The van der Waals surface area contributed by atoms with Crippen LogP contribution < -0.4 is 0 Å². The zero-order chi connectivity index (χ0) is 18.1. The molecule has 0 fully saturated rings. The molecule has 2 aromatic carbocycles. The molecule has 0 amide bonds. The molecule has 134 valence electrons. The van der Waals surface area contributed by atoms with Crippen LogP contribution in [0.2, 0.25) is 0 Å². The molecule has 1 nitrogen and oxygen atoms in total. The van der Waals surface area contributed by atoms with E-state index in [1.54, 1.807) is 0 Å². The van der Waals surface area contributed by atoms with Gasteiger partial charge in [-0.25, -0.2) is 0 Å². The second-order valence-electron chi connectivity index (χ2n) is 7.75. The van der Waals surface area contributed by atoms with Crippen LogP contribution in [-0.4, -0.2) is 4.98 Å². The minimum atomic E-state index is 1.13. The predicted octanol–water partition coefficient (Wildman–Crippen LogP) is 6.50. The van der Waals surface area contributed by atoms with Crippen LogP contribution in [0, 0.1) is 0 Å². The highest BCUT2D eigenvalue weighted by Gasteiger charge is 2.26. The summed E-state index contributed by atoms with van der Waals surface area (Å²) in [5, 5.41) is 0. The van der Waals surface area contributed by atoms with E-state index in [-0.39, 0.29) is 0 Å². The molecule has 3 aromatic rings. The lowest BCUT2D eigenvalue weighted by Gasteiger charge is -2.28. The third kappa shape index (κ3) is 3.12. The summed E-state index contributed by atoms with van der Waals surface area (Å²) in [7, 11) is 0. The molecular formula is C26H25N. The highest BCUT2D eigenvalue weighted by atomic mass is 14.7. The van der Waals surface area contributed by atoms with Crippen LogP contribution in [0.3, 0.4) is 0 Å². The molecular weight excluding hydrogens is 326 g/mol. The molecule has 0 atom stereocenters. The van der Waals surface area contributed by atoms with Gasteiger partial charge in [0.15, 0.2) is 0 Å². The monoisotopic (exact) mass is 351 g/mol. The smallest absolute Gasteiger partial charge is 0.0703 e. The lowest BCUT2D eigenvalue weighted by molar-refractivity contribution is 0.662. The fraction of sp³-hybridized carbons (Fsp3) is 0.269. The first-order chi connectivity index (χ1) is 13.4. The summed E-state index contributed by atoms with van der Waals surface area (Å²) >= 11 is 0. The normalized spacial score (nSPS) is 17.4. The Morgan fingerprint density at radius 1 is 0.667 bits per heavy atom. The number of aromatic nitrogens is 1. The van der Waals surface area contributed by atoms with E-state index < -0.39 is 0 Å². The van der Waals surface area contributed by atoms with Gasteiger partial charge < -0.3 is 0 Å². The number of aryl methyl sites for hydroxylation is 1. The van der Waals surface area contributed by atoms with E-state index in [0.29, 0.717) is 0 Å². The Morgan fingerprint density at radius 2 is 1.37 bits per heavy atom. The number of pyridine rings is 1. The van der Waals surface area contributed by atoms with Gasteiger partial charge in [0.25, 0.3) is 0 Å². The SMILES string of the molecule is C(=C1CCCc2c1nc1c(c2-c2ccccc2)CCCC1)c1ccccc1. The molecule has 0 saturated carbocycles. The number of allylic oxidation sites excluding steroid dienone is 1. The van der Waals surface area contributed by atoms with Crippen LogP contribution >= 0.6 is 0 Å². The molecule has 0 unspecified atom stereocenters. The molecule has 0 bridgehead atoms. The molecule has 0 saturated heterocycles. The van der Waals surface area contributed by atoms with Gasteiger partial charge in [0.1, 0.15) is 0 Å². The summed E-state index contributed by atoms with van der Waals surface area (Å²) in [5.41, 5.74) is 11.2. The zero-order valence-corrected chi connectivity index (χ0v) is 15.7. The Hall–Kier alpha value is -2.67. The molecule has 0 radical (unpaired) electrons. The quantitative estimate of drug-likeness (QED) is 0.513. The van der Waals surface area contributed by atoms with E-state index in [2.05, 4.69) is 66.7 Å². The minimum Gasteiger partial charge on any atom is -0.253 e. The fourth-order valence-electron chi connectivity index (χ4n) is 4.71. The van der Waals surface area contributed by atoms with E-state index in [1.807, 2.05) is 0 Å². The lowest BCUT2D eigenvalue weighted by Crippen LogP contribution is -2.15. The number of fused-ring (bicyclic) bond motifs is 2. The van der Waals surface area contributed by atoms with Crippen molar-refractivity contribution in [2.75, 3.05) is 0 Å². The summed E-state index contributed by atoms with van der Waals surface area (Å²) < 4.78 is 0. The summed E-state index contributed by atoms with van der Waals surface area (Å²) in [6.07, 6.45) is 10.7. The van der Waals surface area contributed by atoms with Crippen molar-refractivity contribution in [3.05, 3.63) is 88.7 Å². The van der Waals surface area contributed by atoms with Gasteiger partial charge in [0, 0.05) is 5.69 Å². The predicted molar refractivity (Wildman–Crippen MR) is 114 cm³/mol. The maximum Gasteiger partial charge on any atom is 0.0703 e. The standard InChI is InChI=1S/C26H25N/c1-3-10-19(11-4-1)18-21-14-9-16-23-25(20-12-5-2-6-13-20)22-15-7-8-17-24(22)27-26(21)23/h1-6,10-13,18H,7-9,14-17H2. The van der Waals surface area contributed by atoms with Crippen LogP contribution in [0.25, 0.3) is 22.8 Å². The molecule has 1 heterocycles. The van der Waals surface area contributed by atoms with Gasteiger partial charge in [-0.3, -0.25) is 4.98 Å². The van der Waals surface area contributed by atoms with Crippen molar-refractivity contribution in [3.8, 4) is 11.1 Å². The molecule has 0 spiro atoms. The second kappa shape index (κ2) is 7.15. The number of rotatable bonds is 2. The lowest BCUT2D eigenvalue weighted by atomic mass is 9.80. The van der Waals surface area contributed by atoms with Crippen LogP contribution in [0.4, 0.5) is 0 Å². The highest BCUT2D eigenvalue weighted by molar-refractivity contribution is 5.86. The van der Waals surface area contributed by atoms with E-state index in [4.69, 9.17) is 4.98 Å². The number of hydrogen-bond donors (Lipinski definition) is 0. The van der Waals surface area contributed by atoms with Crippen molar-refractivity contribution in [3.63, 3.8) is 0 Å². The van der Waals surface area contributed by atoms with Crippen molar-refractivity contribution < 1.29 is 0 Å². The highest BCUT2D eigenvalue weighted by Crippen LogP contribution is 2.41. The fourth-order valence-corrected chi connectivity index (χ4v) is 4.71. The Labute approximate surface area is 161 Å². The zero-order valence-electron chi connectivity index (χ0n) is 15.7. The summed E-state index contributed by atoms with van der Waals surface area (Å²) in [6.45, 7) is 0. The van der Waals surface area contributed by atoms with E-state index in [1.165, 1.54) is 70.5 Å². The maximum atomic E-state index is 5.25. The largest absolute Gasteiger partial charge is 0.253 e. The number of benzene rings is 2. The van der Waals surface area contributed by atoms with Crippen LogP contribution in [0.1, 0.15) is 53.8 Å². The first-order valence-electron chi connectivity index (χ1n) is 10.3. The maximum absolute atomic E-state index is 5.25. The van der Waals surface area contributed by atoms with Crippen LogP contribution in [0.5, 0.6) is 0 Å². The Morgan fingerprint density at radius 3 is 2.19 bits per heavy atom. The average molecular weight is 351 g/mol. The molecule has 0 aliphatic heterocycles. The Bertz CT molecular complexity index is 984. The summed E-state index contributed by atoms with van der Waals surface area (Å²) in [6, 6.07) is 21.7. The molecule has 27 heavy (non-hydrogen) atoms. The molecule has 1 heteroatoms. The van der Waals surface area contributed by atoms with Gasteiger partial charge in [-0.1, -0.05) is 60.7 Å². The first kappa shape index (κ1) is 16.5. The van der Waals surface area contributed by atoms with Crippen LogP contribution in [0.15, 0.2) is 60.7 Å². The van der Waals surface area contributed by atoms with Gasteiger partial charge in [-0.2, -0.15) is 0 Å². The summed E-state index contributed by atoms with van der Waals surface area (Å²) in [4.78, 5) is 5.25. The average Bonchev–Trinajstić information content (AvgIpc) is 2.74. The third-order valence-electron chi connectivity index (χ3n) is 5.95. The number of nitrogens with zero attached hydrogens (tertiary/aromatic N) is 1. The van der Waals surface area contributed by atoms with E-state index >= 15 is 0 Å². The Kier molecular flexibility index (Phi) is 4.37. The van der Waals surface area contributed by atoms with Crippen molar-refractivity contribution in [2.24, 2.45) is 0 Å². The molecule has 1 aromatic heterocycles. The Balaban J connectivity index is 1.73. The van der Waals surface area contributed by atoms with Gasteiger partial charge in [-0.05, 0) is 84.4 Å². The second-order valence-corrected chi connectivity index (χ2v) is 7.75. The molecule has 0 N–H and O–H groups in total. The van der Waals surface area contributed by atoms with Gasteiger partial charge in [-0.15, -0.1) is 0 Å². The van der Waals surface area contributed by atoms with Crippen molar-refractivity contribution >= 4 is 11.6 Å². The molecule has 5 rings (SSSR count). The van der Waals surface area contributed by atoms with Crippen molar-refractivity contribution in [1.82, 2.24) is 4.98 Å². The first-order valence-corrected chi connectivity index (χ1v) is 10.3.